The standard InChI is InChI=1S/C47H57Cl3N6O11S3/c1-24-20-46(3,4)22-30-26(24)18-28-33(29-19-27-25(2)21-47(5,6)55-39(27)44(70(64,65)66)41(29)67-40(28)43(30)69(61,62)63)34-35(45(59)60)36(48)38(50)42(37(34)49)68-23-32(58)53-16-12-9-10-14-31(57)52-15-11-7-8-13-17-54-56-51/h18-19,24-25H,7-17,20-23H2,1-6H3,(H,52,57)(H,53,58)(H,59,60)(H,61,62,63)(H,64,65,66)/p-1. The van der Waals surface area contributed by atoms with Gasteiger partial charge in [0.25, 0.3) is 0 Å². The number of hydrogen-bond acceptors (Lipinski definition) is 12. The van der Waals surface area contributed by atoms with E-state index in [1.54, 1.807) is 26.0 Å². The summed E-state index contributed by atoms with van der Waals surface area (Å²) in [4.78, 5) is 43.1. The fraction of sp³-hybridized carbons (Fsp3) is 0.532. The van der Waals surface area contributed by atoms with Crippen molar-refractivity contribution in [2.45, 2.75) is 144 Å². The van der Waals surface area contributed by atoms with Gasteiger partial charge in [0, 0.05) is 69.8 Å². The lowest BCUT2D eigenvalue weighted by Gasteiger charge is -2.39. The molecule has 70 heavy (non-hydrogen) atoms. The molecule has 2 heterocycles. The van der Waals surface area contributed by atoms with Crippen LogP contribution in [0.25, 0.3) is 16.0 Å². The Kier molecular flexibility index (Phi) is 17.3. The number of nitrogens with one attached hydrogen (secondary N) is 3. The van der Waals surface area contributed by atoms with Crippen LogP contribution in [0, 0.1) is 5.41 Å². The van der Waals surface area contributed by atoms with Crippen LogP contribution in [0.3, 0.4) is 0 Å². The van der Waals surface area contributed by atoms with E-state index in [1.807, 2.05) is 27.7 Å². The van der Waals surface area contributed by atoms with Crippen molar-refractivity contribution in [2.24, 2.45) is 10.5 Å². The van der Waals surface area contributed by atoms with Crippen LogP contribution in [-0.4, -0.2) is 79.8 Å². The van der Waals surface area contributed by atoms with Crippen molar-refractivity contribution in [1.82, 2.24) is 10.6 Å². The van der Waals surface area contributed by atoms with Crippen molar-refractivity contribution < 1.29 is 55.2 Å². The molecule has 0 bridgehead atoms. The summed E-state index contributed by atoms with van der Waals surface area (Å²) in [7, 11) is -11.0. The molecule has 0 aromatic heterocycles. The van der Waals surface area contributed by atoms with Gasteiger partial charge in [0.2, 0.25) is 17.2 Å². The largest absolute Gasteiger partial charge is 0.744 e. The predicted octanol–water partition coefficient (Wildman–Crippen LogP) is 7.32. The number of hydrogen-bond donors (Lipinski definition) is 4. The van der Waals surface area contributed by atoms with E-state index in [1.165, 1.54) is 0 Å². The average molecular weight is 1080 g/mol. The fourth-order valence-electron chi connectivity index (χ4n) is 10.1. The number of rotatable bonds is 20. The molecule has 0 radical (unpaired) electrons. The zero-order chi connectivity index (χ0) is 51.7. The maximum Gasteiger partial charge on any atom is 0.337 e. The zero-order valence-electron chi connectivity index (χ0n) is 39.6. The lowest BCUT2D eigenvalue weighted by atomic mass is 9.69. The third-order valence-corrected chi connectivity index (χ3v) is 17.2. The molecule has 0 saturated heterocycles. The van der Waals surface area contributed by atoms with E-state index in [4.69, 9.17) is 45.1 Å². The molecule has 23 heteroatoms. The second-order valence-electron chi connectivity index (χ2n) is 19.6. The number of amides is 2. The lowest BCUT2D eigenvalue weighted by molar-refractivity contribution is -0.590. The first-order chi connectivity index (χ1) is 32.7. The number of benzene rings is 3. The number of carboxylic acids is 1. The maximum atomic E-state index is 13.6. The van der Waals surface area contributed by atoms with Crippen LogP contribution in [0.15, 0.2) is 31.9 Å². The minimum Gasteiger partial charge on any atom is -0.744 e. The van der Waals surface area contributed by atoms with Gasteiger partial charge in [0.15, 0.2) is 21.9 Å². The topological polar surface area (TPSA) is 282 Å². The van der Waals surface area contributed by atoms with Crippen molar-refractivity contribution in [1.29, 1.82) is 0 Å². The van der Waals surface area contributed by atoms with E-state index in [0.29, 0.717) is 62.7 Å². The summed E-state index contributed by atoms with van der Waals surface area (Å²) >= 11 is 21.8. The smallest absolute Gasteiger partial charge is 0.337 e. The number of carbonyl (C=O) groups is 3. The van der Waals surface area contributed by atoms with Crippen LogP contribution >= 0.6 is 46.6 Å². The van der Waals surface area contributed by atoms with Gasteiger partial charge < -0.3 is 29.6 Å². The monoisotopic (exact) mass is 1080 g/mol. The Morgan fingerprint density at radius 3 is 2.10 bits per heavy atom. The van der Waals surface area contributed by atoms with E-state index in [9.17, 15) is 45.4 Å². The summed E-state index contributed by atoms with van der Waals surface area (Å²) in [6.07, 6.45) is 6.70. The molecule has 3 aromatic rings. The Hall–Kier alpha value is -4.11. The highest BCUT2D eigenvalue weighted by atomic mass is 35.5. The van der Waals surface area contributed by atoms with E-state index < -0.39 is 80.9 Å². The Morgan fingerprint density at radius 1 is 0.857 bits per heavy atom. The number of nitrogens with zero attached hydrogens (tertiary/aromatic N) is 3. The molecular weight excluding hydrogens is 1030 g/mol. The lowest BCUT2D eigenvalue weighted by Crippen LogP contribution is -2.91. The molecular formula is C47H56Cl3N6O11S3-. The average Bonchev–Trinajstić information content (AvgIpc) is 3.23. The SMILES string of the molecule is CC1CC(C)(C)Cc2c1cc1c(c2S(=O)(=O)[O-])Oc2c(S(=O)(=O)[O-])c3c(cc2=C1c1c(Cl)c(SCC(=O)NCCCCCC(=O)NCCCCCCN=[N+]=[N-])c(Cl)c(Cl)c1C(=O)O)C(C)CC(C)(C)[NH+]=3. The van der Waals surface area contributed by atoms with Gasteiger partial charge in [-0.3, -0.25) is 9.59 Å². The Bertz CT molecular complexity index is 3050. The molecule has 3 aromatic carbocycles. The highest BCUT2D eigenvalue weighted by molar-refractivity contribution is 8.00. The van der Waals surface area contributed by atoms with E-state index >= 15 is 0 Å². The summed E-state index contributed by atoms with van der Waals surface area (Å²) in [6, 6.07) is 3.13. The third kappa shape index (κ3) is 12.2. The molecule has 17 nitrogen and oxygen atoms in total. The molecule has 4 N–H and O–H groups in total. The van der Waals surface area contributed by atoms with Gasteiger partial charge in [0.05, 0.1) is 26.4 Å². The summed E-state index contributed by atoms with van der Waals surface area (Å²) in [6.45, 7) is 12.4. The number of unbranched alkanes of at least 4 members (excludes halogenated alkanes) is 5. The molecule has 2 unspecified atom stereocenters. The third-order valence-electron chi connectivity index (χ3n) is 12.8. The summed E-state index contributed by atoms with van der Waals surface area (Å²) in [5.41, 5.74) is 6.70. The van der Waals surface area contributed by atoms with E-state index in [2.05, 4.69) is 25.7 Å². The Morgan fingerprint density at radius 2 is 1.47 bits per heavy atom. The molecule has 2 atom stereocenters. The van der Waals surface area contributed by atoms with Crippen molar-refractivity contribution in [3.63, 3.8) is 0 Å². The molecule has 2 aliphatic heterocycles. The number of azide groups is 1. The summed E-state index contributed by atoms with van der Waals surface area (Å²) < 4.78 is 87.9. The van der Waals surface area contributed by atoms with Crippen molar-refractivity contribution >= 4 is 90.2 Å². The van der Waals surface area contributed by atoms with E-state index in [-0.39, 0.29) is 78.3 Å². The van der Waals surface area contributed by atoms with Crippen LogP contribution in [0.5, 0.6) is 11.5 Å². The molecule has 0 fully saturated rings. The minimum absolute atomic E-state index is 0.0408. The number of carbonyl (C=O) groups excluding carboxylic acids is 2. The van der Waals surface area contributed by atoms with Gasteiger partial charge in [-0.05, 0) is 98.4 Å². The Balaban J connectivity index is 1.41. The number of carboxylic acid groups (broad SMARTS) is 1. The number of ether oxygens (including phenoxy) is 1. The van der Waals surface area contributed by atoms with Gasteiger partial charge in [-0.1, -0.05) is 86.9 Å². The molecule has 6 rings (SSSR count). The summed E-state index contributed by atoms with van der Waals surface area (Å²) in [5, 5.41) is 18.7. The molecule has 1 aliphatic carbocycles. The van der Waals surface area contributed by atoms with Crippen LogP contribution in [0.2, 0.25) is 15.1 Å². The molecule has 0 saturated carbocycles. The van der Waals surface area contributed by atoms with Crippen LogP contribution in [-0.2, 0) is 36.2 Å². The second-order valence-corrected chi connectivity index (χ2v) is 24.4. The van der Waals surface area contributed by atoms with Crippen LogP contribution < -0.4 is 30.9 Å². The molecule has 2 amide bonds. The van der Waals surface area contributed by atoms with Crippen LogP contribution in [0.4, 0.5) is 0 Å². The van der Waals surface area contributed by atoms with Crippen LogP contribution in [0.1, 0.15) is 156 Å². The molecule has 380 valence electrons. The van der Waals surface area contributed by atoms with E-state index in [0.717, 1.165) is 37.4 Å². The molecule has 3 aliphatic rings. The number of fused-ring (bicyclic) bond motifs is 4. The van der Waals surface area contributed by atoms with Crippen molar-refractivity contribution in [3.05, 3.63) is 81.6 Å². The molecule has 0 spiro atoms. The Labute approximate surface area is 426 Å². The van der Waals surface area contributed by atoms with Crippen molar-refractivity contribution in [3.8, 4) is 11.5 Å². The minimum atomic E-state index is -5.51. The highest BCUT2D eigenvalue weighted by Crippen LogP contribution is 2.54. The first kappa shape index (κ1) is 55.2. The first-order valence-corrected chi connectivity index (χ1v) is 27.9. The number of aromatic carboxylic acids is 1. The first-order valence-electron chi connectivity index (χ1n) is 23.0. The fourth-order valence-corrected chi connectivity index (χ4v) is 13.8. The highest BCUT2D eigenvalue weighted by Gasteiger charge is 2.42. The van der Waals surface area contributed by atoms with Gasteiger partial charge in [-0.25, -0.2) is 26.6 Å². The second kappa shape index (κ2) is 21.9. The quantitative estimate of drug-likeness (QED) is 0.0129. The van der Waals surface area contributed by atoms with Gasteiger partial charge >= 0.3 is 5.97 Å². The number of halogens is 3. The number of thioether (sulfide) groups is 1. The predicted molar refractivity (Wildman–Crippen MR) is 264 cm³/mol. The maximum absolute atomic E-state index is 13.6. The normalized spacial score (nSPS) is 17.7. The van der Waals surface area contributed by atoms with Gasteiger partial charge in [-0.2, -0.15) is 0 Å². The summed E-state index contributed by atoms with van der Waals surface area (Å²) in [5.74, 6) is -4.45. The van der Waals surface area contributed by atoms with Crippen molar-refractivity contribution in [2.75, 3.05) is 25.4 Å². The van der Waals surface area contributed by atoms with Gasteiger partial charge in [0.1, 0.15) is 25.1 Å². The zero-order valence-corrected chi connectivity index (χ0v) is 44.4. The van der Waals surface area contributed by atoms with Gasteiger partial charge in [-0.15, -0.1) is 11.8 Å².